The summed E-state index contributed by atoms with van der Waals surface area (Å²) in [5.41, 5.74) is 2.85. The van der Waals surface area contributed by atoms with Crippen molar-refractivity contribution in [3.05, 3.63) is 29.3 Å². The average Bonchev–Trinajstić information content (AvgIpc) is 2.74. The maximum atomic E-state index is 5.35. The van der Waals surface area contributed by atoms with E-state index in [1.165, 1.54) is 11.1 Å². The van der Waals surface area contributed by atoms with Gasteiger partial charge in [0.1, 0.15) is 5.75 Å². The van der Waals surface area contributed by atoms with Crippen molar-refractivity contribution in [2.45, 2.75) is 31.8 Å². The minimum atomic E-state index is 0.421. The number of benzene rings is 1. The Morgan fingerprint density at radius 2 is 2.17 bits per heavy atom. The number of hydrogen-bond acceptors (Lipinski definition) is 3. The fourth-order valence-electron chi connectivity index (χ4n) is 2.75. The standard InChI is InChI=1S/C15H24N2O/c1-5-8-16-15-13-10-12(18-4)7-6-11(13)9-14(15)17(2)3/h6-7,10,14-16H,5,8-9H2,1-4H3. The van der Waals surface area contributed by atoms with E-state index in [0.717, 1.165) is 25.1 Å². The van der Waals surface area contributed by atoms with Crippen LogP contribution in [0.2, 0.25) is 0 Å². The molecule has 0 aromatic heterocycles. The van der Waals surface area contributed by atoms with Gasteiger partial charge < -0.3 is 15.0 Å². The lowest BCUT2D eigenvalue weighted by Gasteiger charge is -2.27. The Bertz CT molecular complexity index is 403. The second-order valence-corrected chi connectivity index (χ2v) is 5.23. The van der Waals surface area contributed by atoms with Crippen LogP contribution in [-0.4, -0.2) is 38.7 Å². The zero-order chi connectivity index (χ0) is 13.1. The molecule has 0 heterocycles. The molecule has 18 heavy (non-hydrogen) atoms. The summed E-state index contributed by atoms with van der Waals surface area (Å²) in [7, 11) is 6.05. The van der Waals surface area contributed by atoms with Crippen LogP contribution in [0, 0.1) is 0 Å². The fraction of sp³-hybridized carbons (Fsp3) is 0.600. The molecule has 0 spiro atoms. The third-order valence-electron chi connectivity index (χ3n) is 3.78. The van der Waals surface area contributed by atoms with Gasteiger partial charge in [-0.2, -0.15) is 0 Å². The maximum Gasteiger partial charge on any atom is 0.119 e. The molecule has 2 unspecified atom stereocenters. The van der Waals surface area contributed by atoms with Crippen LogP contribution in [0.1, 0.15) is 30.5 Å². The lowest BCUT2D eigenvalue weighted by molar-refractivity contribution is 0.244. The van der Waals surface area contributed by atoms with Gasteiger partial charge in [0.15, 0.2) is 0 Å². The van der Waals surface area contributed by atoms with Crippen molar-refractivity contribution in [3.8, 4) is 5.75 Å². The lowest BCUT2D eigenvalue weighted by atomic mass is 10.1. The second kappa shape index (κ2) is 5.72. The Labute approximate surface area is 110 Å². The number of rotatable bonds is 5. The molecular weight excluding hydrogens is 224 g/mol. The van der Waals surface area contributed by atoms with Crippen LogP contribution in [0.15, 0.2) is 18.2 Å². The number of fused-ring (bicyclic) bond motifs is 1. The molecule has 3 heteroatoms. The van der Waals surface area contributed by atoms with Crippen molar-refractivity contribution in [2.75, 3.05) is 27.7 Å². The summed E-state index contributed by atoms with van der Waals surface area (Å²) < 4.78 is 5.35. The van der Waals surface area contributed by atoms with E-state index in [1.807, 2.05) is 0 Å². The van der Waals surface area contributed by atoms with E-state index >= 15 is 0 Å². The normalized spacial score (nSPS) is 22.3. The molecule has 3 nitrogen and oxygen atoms in total. The number of nitrogens with one attached hydrogen (secondary N) is 1. The van der Waals surface area contributed by atoms with Gasteiger partial charge in [0.25, 0.3) is 0 Å². The summed E-state index contributed by atoms with van der Waals surface area (Å²) in [6.45, 7) is 3.27. The van der Waals surface area contributed by atoms with Crippen molar-refractivity contribution < 1.29 is 4.74 Å². The average molecular weight is 248 g/mol. The molecule has 0 amide bonds. The molecule has 100 valence electrons. The van der Waals surface area contributed by atoms with Gasteiger partial charge >= 0.3 is 0 Å². The minimum absolute atomic E-state index is 0.421. The predicted molar refractivity (Wildman–Crippen MR) is 75.2 cm³/mol. The molecule has 2 atom stereocenters. The number of likely N-dealkylation sites (N-methyl/N-ethyl adjacent to an activating group) is 1. The van der Waals surface area contributed by atoms with Crippen molar-refractivity contribution >= 4 is 0 Å². The Kier molecular flexibility index (Phi) is 4.25. The molecule has 1 aromatic rings. The first-order chi connectivity index (χ1) is 8.67. The number of hydrogen-bond donors (Lipinski definition) is 1. The molecule has 1 aliphatic rings. The Balaban J connectivity index is 2.28. The van der Waals surface area contributed by atoms with E-state index in [0.29, 0.717) is 12.1 Å². The first-order valence-electron chi connectivity index (χ1n) is 6.74. The molecule has 0 bridgehead atoms. The summed E-state index contributed by atoms with van der Waals surface area (Å²) in [5, 5.41) is 3.67. The van der Waals surface area contributed by atoms with Crippen molar-refractivity contribution in [3.63, 3.8) is 0 Å². The Morgan fingerprint density at radius 1 is 1.39 bits per heavy atom. The van der Waals surface area contributed by atoms with Gasteiger partial charge in [-0.05, 0) is 56.7 Å². The van der Waals surface area contributed by atoms with Gasteiger partial charge in [0.05, 0.1) is 7.11 Å². The number of ether oxygens (including phenoxy) is 1. The van der Waals surface area contributed by atoms with Crippen molar-refractivity contribution in [1.29, 1.82) is 0 Å². The smallest absolute Gasteiger partial charge is 0.119 e. The highest BCUT2D eigenvalue weighted by molar-refractivity contribution is 5.42. The first-order valence-corrected chi connectivity index (χ1v) is 6.74. The third-order valence-corrected chi connectivity index (χ3v) is 3.78. The highest BCUT2D eigenvalue weighted by Crippen LogP contribution is 2.35. The van der Waals surface area contributed by atoms with Crippen LogP contribution < -0.4 is 10.1 Å². The van der Waals surface area contributed by atoms with Gasteiger partial charge in [-0.25, -0.2) is 0 Å². The molecule has 0 saturated carbocycles. The van der Waals surface area contributed by atoms with Gasteiger partial charge in [0.2, 0.25) is 0 Å². The summed E-state index contributed by atoms with van der Waals surface area (Å²) in [5.74, 6) is 0.955. The number of nitrogens with zero attached hydrogens (tertiary/aromatic N) is 1. The monoisotopic (exact) mass is 248 g/mol. The van der Waals surface area contributed by atoms with Crippen LogP contribution in [0.25, 0.3) is 0 Å². The van der Waals surface area contributed by atoms with E-state index in [9.17, 15) is 0 Å². The quantitative estimate of drug-likeness (QED) is 0.865. The molecular formula is C15H24N2O. The third kappa shape index (κ3) is 2.52. The lowest BCUT2D eigenvalue weighted by Crippen LogP contribution is -2.39. The Hall–Kier alpha value is -1.06. The van der Waals surface area contributed by atoms with Crippen LogP contribution in [0.5, 0.6) is 5.75 Å². The summed E-state index contributed by atoms with van der Waals surface area (Å²) in [6.07, 6.45) is 2.28. The highest BCUT2D eigenvalue weighted by atomic mass is 16.5. The van der Waals surface area contributed by atoms with Gasteiger partial charge in [-0.1, -0.05) is 13.0 Å². The summed E-state index contributed by atoms with van der Waals surface area (Å²) >= 11 is 0. The second-order valence-electron chi connectivity index (χ2n) is 5.23. The zero-order valence-corrected chi connectivity index (χ0v) is 11.9. The molecule has 0 radical (unpaired) electrons. The fourth-order valence-corrected chi connectivity index (χ4v) is 2.75. The predicted octanol–water partition coefficient (Wildman–Crippen LogP) is 2.22. The van der Waals surface area contributed by atoms with Gasteiger partial charge in [-0.3, -0.25) is 0 Å². The SMILES string of the molecule is CCCNC1c2cc(OC)ccc2CC1N(C)C. The molecule has 0 fully saturated rings. The summed E-state index contributed by atoms with van der Waals surface area (Å²) in [4.78, 5) is 2.32. The Morgan fingerprint density at radius 3 is 2.78 bits per heavy atom. The van der Waals surface area contributed by atoms with Crippen LogP contribution in [0.4, 0.5) is 0 Å². The van der Waals surface area contributed by atoms with Crippen molar-refractivity contribution in [2.24, 2.45) is 0 Å². The zero-order valence-electron chi connectivity index (χ0n) is 11.9. The minimum Gasteiger partial charge on any atom is -0.497 e. The number of methoxy groups -OCH3 is 1. The van der Waals surface area contributed by atoms with Crippen LogP contribution in [-0.2, 0) is 6.42 Å². The van der Waals surface area contributed by atoms with E-state index in [-0.39, 0.29) is 0 Å². The van der Waals surface area contributed by atoms with Crippen LogP contribution >= 0.6 is 0 Å². The van der Waals surface area contributed by atoms with Gasteiger partial charge in [-0.15, -0.1) is 0 Å². The van der Waals surface area contributed by atoms with Crippen molar-refractivity contribution in [1.82, 2.24) is 10.2 Å². The van der Waals surface area contributed by atoms with Gasteiger partial charge in [0, 0.05) is 12.1 Å². The van der Waals surface area contributed by atoms with E-state index < -0.39 is 0 Å². The molecule has 0 aliphatic heterocycles. The first kappa shape index (κ1) is 13.4. The highest BCUT2D eigenvalue weighted by Gasteiger charge is 2.33. The summed E-state index contributed by atoms with van der Waals surface area (Å²) in [6, 6.07) is 7.42. The maximum absolute atomic E-state index is 5.35. The molecule has 1 aromatic carbocycles. The van der Waals surface area contributed by atoms with E-state index in [1.54, 1.807) is 7.11 Å². The molecule has 0 saturated heterocycles. The van der Waals surface area contributed by atoms with Crippen LogP contribution in [0.3, 0.4) is 0 Å². The van der Waals surface area contributed by atoms with E-state index in [2.05, 4.69) is 49.4 Å². The molecule has 1 N–H and O–H groups in total. The van der Waals surface area contributed by atoms with E-state index in [4.69, 9.17) is 4.74 Å². The molecule has 1 aliphatic carbocycles. The molecule has 2 rings (SSSR count). The topological polar surface area (TPSA) is 24.5 Å². The largest absolute Gasteiger partial charge is 0.497 e.